The van der Waals surface area contributed by atoms with Gasteiger partial charge in [-0.3, -0.25) is 4.79 Å². The van der Waals surface area contributed by atoms with Gasteiger partial charge in [-0.05, 0) is 57.0 Å². The summed E-state index contributed by atoms with van der Waals surface area (Å²) in [7, 11) is 0. The van der Waals surface area contributed by atoms with Crippen molar-refractivity contribution >= 4 is 5.91 Å². The fourth-order valence-electron chi connectivity index (χ4n) is 3.86. The van der Waals surface area contributed by atoms with E-state index in [1.807, 2.05) is 43.3 Å². The van der Waals surface area contributed by atoms with Crippen molar-refractivity contribution in [2.45, 2.75) is 38.3 Å². The minimum Gasteiger partial charge on any atom is -0.461 e. The molecule has 23 heavy (non-hydrogen) atoms. The maximum absolute atomic E-state index is 13.1. The molecule has 1 aromatic carbocycles. The van der Waals surface area contributed by atoms with E-state index in [1.54, 1.807) is 0 Å². The van der Waals surface area contributed by atoms with E-state index < -0.39 is 0 Å². The average molecular weight is 310 g/mol. The number of benzene rings is 1. The summed E-state index contributed by atoms with van der Waals surface area (Å²) >= 11 is 0. The Labute approximate surface area is 136 Å². The number of aryl methyl sites for hydroxylation is 1. The van der Waals surface area contributed by atoms with Crippen LogP contribution in [0, 0.1) is 6.92 Å². The van der Waals surface area contributed by atoms with Gasteiger partial charge in [-0.15, -0.1) is 0 Å². The van der Waals surface area contributed by atoms with Crippen LogP contribution < -0.4 is 5.32 Å². The second kappa shape index (κ2) is 5.85. The Morgan fingerprint density at radius 2 is 2.04 bits per heavy atom. The molecule has 4 nitrogen and oxygen atoms in total. The van der Waals surface area contributed by atoms with Crippen molar-refractivity contribution in [2.24, 2.45) is 0 Å². The zero-order valence-corrected chi connectivity index (χ0v) is 13.4. The summed E-state index contributed by atoms with van der Waals surface area (Å²) < 4.78 is 5.69. The summed E-state index contributed by atoms with van der Waals surface area (Å²) in [4.78, 5) is 15.2. The zero-order chi connectivity index (χ0) is 15.8. The lowest BCUT2D eigenvalue weighted by molar-refractivity contribution is 0.0680. The Kier molecular flexibility index (Phi) is 3.69. The van der Waals surface area contributed by atoms with Crippen LogP contribution in [-0.4, -0.2) is 36.0 Å². The first-order valence-electron chi connectivity index (χ1n) is 8.42. The molecule has 0 saturated carbocycles. The first kappa shape index (κ1) is 14.5. The first-order valence-corrected chi connectivity index (χ1v) is 8.42. The number of amides is 1. The predicted molar refractivity (Wildman–Crippen MR) is 89.3 cm³/mol. The summed E-state index contributed by atoms with van der Waals surface area (Å²) in [6.07, 6.45) is 3.30. The topological polar surface area (TPSA) is 45.5 Å². The number of rotatable bonds is 2. The van der Waals surface area contributed by atoms with Crippen molar-refractivity contribution in [2.75, 3.05) is 13.1 Å². The molecule has 0 aliphatic carbocycles. The van der Waals surface area contributed by atoms with E-state index >= 15 is 0 Å². The molecular weight excluding hydrogens is 288 g/mol. The van der Waals surface area contributed by atoms with Gasteiger partial charge >= 0.3 is 0 Å². The molecule has 0 radical (unpaired) electrons. The molecule has 3 heterocycles. The quantitative estimate of drug-likeness (QED) is 0.926. The van der Waals surface area contributed by atoms with Crippen LogP contribution in [0.2, 0.25) is 0 Å². The minimum absolute atomic E-state index is 0.159. The van der Waals surface area contributed by atoms with E-state index in [2.05, 4.69) is 10.2 Å². The Balaban J connectivity index is 1.64. The van der Waals surface area contributed by atoms with E-state index in [1.165, 1.54) is 0 Å². The molecule has 2 aliphatic rings. The number of fused-ring (bicyclic) bond motifs is 2. The lowest BCUT2D eigenvalue weighted by Crippen LogP contribution is -2.42. The highest BCUT2D eigenvalue weighted by Gasteiger charge is 2.38. The molecular formula is C19H22N2O2. The fraction of sp³-hybridized carbons (Fsp3) is 0.421. The third-order valence-electron chi connectivity index (χ3n) is 5.02. The van der Waals surface area contributed by atoms with Crippen molar-refractivity contribution < 1.29 is 9.21 Å². The van der Waals surface area contributed by atoms with Crippen LogP contribution in [0.4, 0.5) is 0 Å². The van der Waals surface area contributed by atoms with Crippen LogP contribution in [0.15, 0.2) is 40.8 Å². The van der Waals surface area contributed by atoms with Crippen LogP contribution in [0.5, 0.6) is 0 Å². The van der Waals surface area contributed by atoms with Crippen molar-refractivity contribution in [3.05, 3.63) is 47.7 Å². The summed E-state index contributed by atoms with van der Waals surface area (Å²) in [5, 5.41) is 3.45. The molecule has 2 unspecified atom stereocenters. The lowest BCUT2D eigenvalue weighted by Gasteiger charge is -2.28. The van der Waals surface area contributed by atoms with Gasteiger partial charge in [-0.25, -0.2) is 0 Å². The summed E-state index contributed by atoms with van der Waals surface area (Å²) in [5.74, 6) is 1.86. The second-order valence-corrected chi connectivity index (χ2v) is 6.58. The largest absolute Gasteiger partial charge is 0.461 e. The first-order chi connectivity index (χ1) is 11.2. The fourth-order valence-corrected chi connectivity index (χ4v) is 3.86. The number of carbonyl (C=O) groups is 1. The van der Waals surface area contributed by atoms with Crippen LogP contribution in [0.3, 0.4) is 0 Å². The van der Waals surface area contributed by atoms with Crippen molar-refractivity contribution in [1.82, 2.24) is 10.2 Å². The number of hydrogen-bond donors (Lipinski definition) is 1. The van der Waals surface area contributed by atoms with Gasteiger partial charge in [0.05, 0.1) is 0 Å². The van der Waals surface area contributed by atoms with Gasteiger partial charge in [0.25, 0.3) is 5.91 Å². The van der Waals surface area contributed by atoms with Gasteiger partial charge in [0.1, 0.15) is 11.5 Å². The number of nitrogens with zero attached hydrogens (tertiary/aromatic N) is 1. The smallest absolute Gasteiger partial charge is 0.254 e. The SMILES string of the molecule is Cc1ccc(-c2cccc(C(=O)N3C4CCNCC3CC4)c2)o1. The zero-order valence-electron chi connectivity index (χ0n) is 13.4. The van der Waals surface area contributed by atoms with Crippen molar-refractivity contribution in [3.8, 4) is 11.3 Å². The summed E-state index contributed by atoms with van der Waals surface area (Å²) in [5.41, 5.74) is 1.72. The van der Waals surface area contributed by atoms with Gasteiger partial charge < -0.3 is 14.6 Å². The molecule has 4 rings (SSSR count). The Bertz CT molecular complexity index is 708. The van der Waals surface area contributed by atoms with E-state index in [0.717, 1.165) is 55.0 Å². The van der Waals surface area contributed by atoms with Crippen molar-refractivity contribution in [1.29, 1.82) is 0 Å². The van der Waals surface area contributed by atoms with E-state index in [9.17, 15) is 4.79 Å². The monoisotopic (exact) mass is 310 g/mol. The maximum atomic E-state index is 13.1. The number of nitrogens with one attached hydrogen (secondary N) is 1. The lowest BCUT2D eigenvalue weighted by atomic mass is 10.1. The predicted octanol–water partition coefficient (Wildman–Crippen LogP) is 3.22. The van der Waals surface area contributed by atoms with Gasteiger partial charge in [0, 0.05) is 29.8 Å². The maximum Gasteiger partial charge on any atom is 0.254 e. The van der Waals surface area contributed by atoms with Gasteiger partial charge in [0.15, 0.2) is 0 Å². The molecule has 1 aromatic heterocycles. The molecule has 2 fully saturated rings. The van der Waals surface area contributed by atoms with Gasteiger partial charge in [-0.2, -0.15) is 0 Å². The van der Waals surface area contributed by atoms with Gasteiger partial charge in [-0.1, -0.05) is 12.1 Å². The minimum atomic E-state index is 0.159. The molecule has 1 amide bonds. The molecule has 2 aromatic rings. The van der Waals surface area contributed by atoms with Gasteiger partial charge in [0.2, 0.25) is 0 Å². The summed E-state index contributed by atoms with van der Waals surface area (Å²) in [6.45, 7) is 3.86. The standard InChI is InChI=1S/C19H22N2O2/c1-13-5-8-18(23-13)14-3-2-4-15(11-14)19(22)21-16-6-7-17(21)12-20-10-9-16/h2-5,8,11,16-17,20H,6-7,9-10,12H2,1H3. The number of hydrogen-bond acceptors (Lipinski definition) is 3. The van der Waals surface area contributed by atoms with Crippen LogP contribution in [0.1, 0.15) is 35.4 Å². The molecule has 120 valence electrons. The molecule has 0 spiro atoms. The normalized spacial score (nSPS) is 23.8. The van der Waals surface area contributed by atoms with E-state index in [0.29, 0.717) is 12.1 Å². The molecule has 2 aliphatic heterocycles. The molecule has 1 N–H and O–H groups in total. The second-order valence-electron chi connectivity index (χ2n) is 6.58. The van der Waals surface area contributed by atoms with E-state index in [-0.39, 0.29) is 5.91 Å². The molecule has 4 heteroatoms. The summed E-state index contributed by atoms with van der Waals surface area (Å²) in [6, 6.07) is 12.4. The molecule has 2 atom stereocenters. The highest BCUT2D eigenvalue weighted by Crippen LogP contribution is 2.30. The van der Waals surface area contributed by atoms with Crippen LogP contribution in [0.25, 0.3) is 11.3 Å². The van der Waals surface area contributed by atoms with Crippen LogP contribution >= 0.6 is 0 Å². The Morgan fingerprint density at radius 1 is 1.17 bits per heavy atom. The number of carbonyl (C=O) groups excluding carboxylic acids is 1. The molecule has 2 bridgehead atoms. The third kappa shape index (κ3) is 2.68. The highest BCUT2D eigenvalue weighted by atomic mass is 16.3. The van der Waals surface area contributed by atoms with Crippen molar-refractivity contribution in [3.63, 3.8) is 0 Å². The Morgan fingerprint density at radius 3 is 2.87 bits per heavy atom. The van der Waals surface area contributed by atoms with E-state index in [4.69, 9.17) is 4.42 Å². The van der Waals surface area contributed by atoms with Crippen LogP contribution in [-0.2, 0) is 0 Å². The third-order valence-corrected chi connectivity index (χ3v) is 5.02. The Hall–Kier alpha value is -2.07. The average Bonchev–Trinajstić information content (AvgIpc) is 3.09. The number of furan rings is 1. The highest BCUT2D eigenvalue weighted by molar-refractivity contribution is 5.96. The molecule has 2 saturated heterocycles.